The molecule has 0 saturated carbocycles. The molecule has 1 aliphatic rings. The summed E-state index contributed by atoms with van der Waals surface area (Å²) in [7, 11) is 1.67. The van der Waals surface area contributed by atoms with Crippen LogP contribution in [0.1, 0.15) is 42.1 Å². The number of amides is 1. The summed E-state index contributed by atoms with van der Waals surface area (Å²) in [5.41, 5.74) is 5.35. The fourth-order valence-corrected chi connectivity index (χ4v) is 5.25. The standard InChI is InChI=1S/C32H35N3O3/c1-4-10-24-15-16-29(30(20-24)37-3)38-18-8-7-17-34-28-14-6-5-13-27(28)33-32(34)25-21-31(36)35(22-25)26-12-9-11-23(2)19-26/h4-6,9,11-16,19-20,25H,1,7-8,10,17-18,21-22H2,2-3H3. The van der Waals surface area contributed by atoms with Crippen LogP contribution in [0.5, 0.6) is 11.5 Å². The fraction of sp³-hybridized carbons (Fsp3) is 0.312. The van der Waals surface area contributed by atoms with E-state index in [1.165, 1.54) is 0 Å². The van der Waals surface area contributed by atoms with Crippen LogP contribution in [-0.2, 0) is 17.8 Å². The second kappa shape index (κ2) is 11.5. The first-order valence-electron chi connectivity index (χ1n) is 13.3. The molecule has 0 aliphatic carbocycles. The molecule has 6 nitrogen and oxygen atoms in total. The van der Waals surface area contributed by atoms with Crippen molar-refractivity contribution in [3.05, 3.63) is 96.3 Å². The zero-order chi connectivity index (χ0) is 26.5. The first-order valence-corrected chi connectivity index (χ1v) is 13.3. The highest BCUT2D eigenvalue weighted by Gasteiger charge is 2.34. The number of benzene rings is 3. The van der Waals surface area contributed by atoms with E-state index in [4.69, 9.17) is 14.5 Å². The lowest BCUT2D eigenvalue weighted by Crippen LogP contribution is -2.24. The van der Waals surface area contributed by atoms with Gasteiger partial charge in [-0.3, -0.25) is 4.79 Å². The molecule has 1 fully saturated rings. The van der Waals surface area contributed by atoms with Crippen LogP contribution in [0, 0.1) is 6.92 Å². The van der Waals surface area contributed by atoms with Crippen LogP contribution in [-0.4, -0.2) is 35.7 Å². The minimum absolute atomic E-state index is 0.0602. The van der Waals surface area contributed by atoms with Crippen molar-refractivity contribution in [2.24, 2.45) is 0 Å². The number of allylic oxidation sites excluding steroid dienone is 1. The largest absolute Gasteiger partial charge is 0.493 e. The highest BCUT2D eigenvalue weighted by atomic mass is 16.5. The van der Waals surface area contributed by atoms with Gasteiger partial charge in [0, 0.05) is 31.1 Å². The number of anilines is 1. The van der Waals surface area contributed by atoms with E-state index in [1.807, 2.05) is 47.4 Å². The van der Waals surface area contributed by atoms with Crippen LogP contribution >= 0.6 is 0 Å². The summed E-state index contributed by atoms with van der Waals surface area (Å²) < 4.78 is 13.9. The molecule has 38 heavy (non-hydrogen) atoms. The van der Waals surface area contributed by atoms with Crippen molar-refractivity contribution in [1.82, 2.24) is 9.55 Å². The number of rotatable bonds is 11. The number of hydrogen-bond acceptors (Lipinski definition) is 4. The highest BCUT2D eigenvalue weighted by Crippen LogP contribution is 2.34. The van der Waals surface area contributed by atoms with E-state index in [-0.39, 0.29) is 11.8 Å². The van der Waals surface area contributed by atoms with Crippen LogP contribution < -0.4 is 14.4 Å². The average Bonchev–Trinajstić information content (AvgIpc) is 3.49. The minimum atomic E-state index is 0.0602. The number of aryl methyl sites for hydroxylation is 2. The number of methoxy groups -OCH3 is 1. The van der Waals surface area contributed by atoms with Crippen LogP contribution in [0.15, 0.2) is 79.4 Å². The lowest BCUT2D eigenvalue weighted by atomic mass is 10.1. The summed E-state index contributed by atoms with van der Waals surface area (Å²) in [4.78, 5) is 19.9. The maximum atomic E-state index is 13.0. The predicted molar refractivity (Wildman–Crippen MR) is 152 cm³/mol. The number of unbranched alkanes of at least 4 members (excludes halogenated alkanes) is 1. The van der Waals surface area contributed by atoms with E-state index in [9.17, 15) is 4.79 Å². The summed E-state index contributed by atoms with van der Waals surface area (Å²) >= 11 is 0. The van der Waals surface area contributed by atoms with Gasteiger partial charge in [-0.2, -0.15) is 0 Å². The molecule has 0 radical (unpaired) electrons. The van der Waals surface area contributed by atoms with Gasteiger partial charge in [0.2, 0.25) is 5.91 Å². The molecule has 0 N–H and O–H groups in total. The quantitative estimate of drug-likeness (QED) is 0.172. The number of imidazole rings is 1. The SMILES string of the molecule is C=CCc1ccc(OCCCCn2c(C3CC(=O)N(c4cccc(C)c4)C3)nc3ccccc32)c(OC)c1. The molecule has 0 bridgehead atoms. The van der Waals surface area contributed by atoms with Crippen molar-refractivity contribution < 1.29 is 14.3 Å². The molecule has 3 aromatic carbocycles. The highest BCUT2D eigenvalue weighted by molar-refractivity contribution is 5.96. The van der Waals surface area contributed by atoms with Gasteiger partial charge in [-0.15, -0.1) is 6.58 Å². The van der Waals surface area contributed by atoms with Gasteiger partial charge in [-0.25, -0.2) is 4.98 Å². The first-order chi connectivity index (χ1) is 18.6. The number of carbonyl (C=O) groups is 1. The Morgan fingerprint density at radius 1 is 1.05 bits per heavy atom. The molecule has 6 heteroatoms. The number of aromatic nitrogens is 2. The Labute approximate surface area is 224 Å². The molecule has 1 unspecified atom stereocenters. The summed E-state index contributed by atoms with van der Waals surface area (Å²) in [5.74, 6) is 2.71. The van der Waals surface area contributed by atoms with E-state index in [2.05, 4.69) is 48.4 Å². The van der Waals surface area contributed by atoms with E-state index >= 15 is 0 Å². The Morgan fingerprint density at radius 3 is 2.74 bits per heavy atom. The van der Waals surface area contributed by atoms with Crippen molar-refractivity contribution >= 4 is 22.6 Å². The van der Waals surface area contributed by atoms with Gasteiger partial charge in [0.05, 0.1) is 24.8 Å². The average molecular weight is 510 g/mol. The molecule has 5 rings (SSSR count). The van der Waals surface area contributed by atoms with Crippen molar-refractivity contribution in [3.63, 3.8) is 0 Å². The Balaban J connectivity index is 1.26. The van der Waals surface area contributed by atoms with E-state index < -0.39 is 0 Å². The first kappa shape index (κ1) is 25.6. The zero-order valence-corrected chi connectivity index (χ0v) is 22.2. The van der Waals surface area contributed by atoms with Crippen LogP contribution in [0.2, 0.25) is 0 Å². The Morgan fingerprint density at radius 2 is 1.92 bits per heavy atom. The normalized spacial score (nSPS) is 15.3. The predicted octanol–water partition coefficient (Wildman–Crippen LogP) is 6.46. The van der Waals surface area contributed by atoms with E-state index in [0.717, 1.165) is 71.0 Å². The lowest BCUT2D eigenvalue weighted by molar-refractivity contribution is -0.117. The Kier molecular flexibility index (Phi) is 7.78. The second-order valence-corrected chi connectivity index (χ2v) is 9.89. The summed E-state index contributed by atoms with van der Waals surface area (Å²) in [6.07, 6.45) is 4.98. The molecule has 1 atom stereocenters. The monoisotopic (exact) mass is 509 g/mol. The lowest BCUT2D eigenvalue weighted by Gasteiger charge is -2.18. The summed E-state index contributed by atoms with van der Waals surface area (Å²) in [6, 6.07) is 22.4. The van der Waals surface area contributed by atoms with Crippen LogP contribution in [0.4, 0.5) is 5.69 Å². The van der Waals surface area contributed by atoms with Crippen molar-refractivity contribution in [2.45, 2.75) is 45.1 Å². The van der Waals surface area contributed by atoms with Gasteiger partial charge < -0.3 is 18.9 Å². The fourth-order valence-electron chi connectivity index (χ4n) is 5.25. The molecule has 1 aliphatic heterocycles. The third-order valence-corrected chi connectivity index (χ3v) is 7.13. The van der Waals surface area contributed by atoms with Crippen LogP contribution in [0.3, 0.4) is 0 Å². The number of para-hydroxylation sites is 2. The van der Waals surface area contributed by atoms with E-state index in [0.29, 0.717) is 19.6 Å². The summed E-state index contributed by atoms with van der Waals surface area (Å²) in [5, 5.41) is 0. The number of nitrogens with zero attached hydrogens (tertiary/aromatic N) is 3. The van der Waals surface area contributed by atoms with Crippen molar-refractivity contribution in [2.75, 3.05) is 25.2 Å². The maximum absolute atomic E-state index is 13.0. The number of fused-ring (bicyclic) bond motifs is 1. The van der Waals surface area contributed by atoms with Crippen LogP contribution in [0.25, 0.3) is 11.0 Å². The topological polar surface area (TPSA) is 56.6 Å². The Hall–Kier alpha value is -4.06. The zero-order valence-electron chi connectivity index (χ0n) is 22.2. The van der Waals surface area contributed by atoms with Gasteiger partial charge in [0.25, 0.3) is 0 Å². The molecule has 0 spiro atoms. The van der Waals surface area contributed by atoms with Gasteiger partial charge in [-0.05, 0) is 73.7 Å². The second-order valence-electron chi connectivity index (χ2n) is 9.89. The molecule has 196 valence electrons. The Bertz CT molecular complexity index is 1440. The van der Waals surface area contributed by atoms with Crippen molar-refractivity contribution in [1.29, 1.82) is 0 Å². The molecule has 2 heterocycles. The van der Waals surface area contributed by atoms with Gasteiger partial charge in [0.1, 0.15) is 5.82 Å². The van der Waals surface area contributed by atoms with E-state index in [1.54, 1.807) is 7.11 Å². The van der Waals surface area contributed by atoms with Gasteiger partial charge >= 0.3 is 0 Å². The molecular formula is C32H35N3O3. The summed E-state index contributed by atoms with van der Waals surface area (Å²) in [6.45, 7) is 7.93. The molecular weight excluding hydrogens is 474 g/mol. The molecule has 1 amide bonds. The molecule has 1 aromatic heterocycles. The number of ether oxygens (including phenoxy) is 2. The molecule has 1 saturated heterocycles. The minimum Gasteiger partial charge on any atom is -0.493 e. The smallest absolute Gasteiger partial charge is 0.227 e. The number of carbonyl (C=O) groups excluding carboxylic acids is 1. The van der Waals surface area contributed by atoms with Gasteiger partial charge in [0.15, 0.2) is 11.5 Å². The maximum Gasteiger partial charge on any atom is 0.227 e. The van der Waals surface area contributed by atoms with Crippen molar-refractivity contribution in [3.8, 4) is 11.5 Å². The third-order valence-electron chi connectivity index (χ3n) is 7.13. The van der Waals surface area contributed by atoms with Gasteiger partial charge in [-0.1, -0.05) is 36.4 Å². The molecule has 4 aromatic rings. The third kappa shape index (κ3) is 5.44. The number of hydrogen-bond donors (Lipinski definition) is 0.